The molecule has 0 aliphatic heterocycles. The van der Waals surface area contributed by atoms with Gasteiger partial charge in [0.25, 0.3) is 0 Å². The molecule has 1 heterocycles. The number of aromatic nitrogens is 2. The summed E-state index contributed by atoms with van der Waals surface area (Å²) in [7, 11) is 1.68. The molecule has 0 atom stereocenters. The number of fused-ring (bicyclic) bond motifs is 1. The van der Waals surface area contributed by atoms with Crippen molar-refractivity contribution in [1.82, 2.24) is 9.78 Å². The van der Waals surface area contributed by atoms with Crippen LogP contribution in [0.25, 0.3) is 10.8 Å². The van der Waals surface area contributed by atoms with E-state index in [9.17, 15) is 0 Å². The monoisotopic (exact) mass is 253 g/mol. The predicted molar refractivity (Wildman–Crippen MR) is 76.2 cm³/mol. The highest BCUT2D eigenvalue weighted by atomic mass is 16.5. The van der Waals surface area contributed by atoms with Crippen LogP contribution in [0.15, 0.2) is 48.7 Å². The van der Waals surface area contributed by atoms with Gasteiger partial charge in [-0.25, -0.2) is 4.68 Å². The van der Waals surface area contributed by atoms with Gasteiger partial charge in [-0.1, -0.05) is 18.2 Å². The van der Waals surface area contributed by atoms with E-state index in [2.05, 4.69) is 29.4 Å². The van der Waals surface area contributed by atoms with Crippen molar-refractivity contribution >= 4 is 16.6 Å². The molecule has 0 saturated carbocycles. The van der Waals surface area contributed by atoms with E-state index in [1.807, 2.05) is 12.1 Å². The van der Waals surface area contributed by atoms with Gasteiger partial charge in [-0.2, -0.15) is 5.10 Å². The van der Waals surface area contributed by atoms with Crippen LogP contribution < -0.4 is 10.5 Å². The van der Waals surface area contributed by atoms with Crippen molar-refractivity contribution in [1.29, 1.82) is 0 Å². The topological polar surface area (TPSA) is 53.1 Å². The summed E-state index contributed by atoms with van der Waals surface area (Å²) in [5, 5.41) is 6.54. The molecule has 0 spiro atoms. The molecular formula is C15H15N3O. The lowest BCUT2D eigenvalue weighted by Crippen LogP contribution is -2.05. The number of nitrogens with zero attached hydrogens (tertiary/aromatic N) is 2. The van der Waals surface area contributed by atoms with Crippen LogP contribution in [0.5, 0.6) is 5.75 Å². The second-order valence-electron chi connectivity index (χ2n) is 4.46. The minimum absolute atomic E-state index is 0.676. The molecule has 96 valence electrons. The van der Waals surface area contributed by atoms with Gasteiger partial charge in [-0.3, -0.25) is 0 Å². The summed E-state index contributed by atoms with van der Waals surface area (Å²) in [5.41, 5.74) is 7.00. The fourth-order valence-corrected chi connectivity index (χ4v) is 2.15. The molecule has 0 aliphatic rings. The molecular weight excluding hydrogens is 238 g/mol. The van der Waals surface area contributed by atoms with Gasteiger partial charge >= 0.3 is 0 Å². The number of methoxy groups -OCH3 is 1. The Kier molecular flexibility index (Phi) is 2.83. The Morgan fingerprint density at radius 2 is 1.89 bits per heavy atom. The number of rotatable bonds is 3. The first-order valence-corrected chi connectivity index (χ1v) is 6.10. The van der Waals surface area contributed by atoms with Crippen LogP contribution in [0.4, 0.5) is 5.82 Å². The van der Waals surface area contributed by atoms with Crippen LogP contribution in [0.3, 0.4) is 0 Å². The highest BCUT2D eigenvalue weighted by Gasteiger charge is 2.02. The zero-order valence-electron chi connectivity index (χ0n) is 10.7. The van der Waals surface area contributed by atoms with Crippen molar-refractivity contribution in [3.8, 4) is 5.75 Å². The molecule has 4 heteroatoms. The lowest BCUT2D eigenvalue weighted by molar-refractivity contribution is 0.415. The number of nitrogens with two attached hydrogens (primary N) is 1. The summed E-state index contributed by atoms with van der Waals surface area (Å²) in [6.45, 7) is 0.681. The van der Waals surface area contributed by atoms with Gasteiger partial charge in [0.15, 0.2) is 0 Å². The van der Waals surface area contributed by atoms with Crippen LogP contribution in [0.1, 0.15) is 5.56 Å². The quantitative estimate of drug-likeness (QED) is 0.780. The molecule has 2 N–H and O–H groups in total. The van der Waals surface area contributed by atoms with Crippen LogP contribution in [-0.2, 0) is 6.54 Å². The van der Waals surface area contributed by atoms with Crippen LogP contribution >= 0.6 is 0 Å². The Morgan fingerprint density at radius 1 is 1.11 bits per heavy atom. The molecule has 3 aromatic rings. The number of anilines is 1. The van der Waals surface area contributed by atoms with E-state index in [-0.39, 0.29) is 0 Å². The molecule has 3 rings (SSSR count). The van der Waals surface area contributed by atoms with Crippen molar-refractivity contribution < 1.29 is 4.74 Å². The smallest absolute Gasteiger partial charge is 0.122 e. The summed E-state index contributed by atoms with van der Waals surface area (Å²) in [5.74, 6) is 1.55. The van der Waals surface area contributed by atoms with Crippen molar-refractivity contribution in [2.45, 2.75) is 6.54 Å². The Bertz CT molecular complexity index is 718. The largest absolute Gasteiger partial charge is 0.497 e. The molecule has 0 bridgehead atoms. The molecule has 0 fully saturated rings. The van der Waals surface area contributed by atoms with Gasteiger partial charge < -0.3 is 10.5 Å². The zero-order chi connectivity index (χ0) is 13.2. The van der Waals surface area contributed by atoms with E-state index < -0.39 is 0 Å². The van der Waals surface area contributed by atoms with Crippen molar-refractivity contribution in [3.05, 3.63) is 54.2 Å². The number of hydrogen-bond donors (Lipinski definition) is 1. The Hall–Kier alpha value is -2.49. The van der Waals surface area contributed by atoms with Gasteiger partial charge in [0.2, 0.25) is 0 Å². The summed E-state index contributed by atoms with van der Waals surface area (Å²) < 4.78 is 7.01. The summed E-state index contributed by atoms with van der Waals surface area (Å²) in [4.78, 5) is 0. The standard InChI is InChI=1S/C15H15N3O/c1-19-14-5-4-12-8-11(2-3-13(12)9-14)10-18-15(16)6-7-17-18/h2-9H,10,16H2,1H3. The lowest BCUT2D eigenvalue weighted by atomic mass is 10.1. The third-order valence-electron chi connectivity index (χ3n) is 3.19. The second-order valence-corrected chi connectivity index (χ2v) is 4.46. The Morgan fingerprint density at radius 3 is 2.63 bits per heavy atom. The van der Waals surface area contributed by atoms with Gasteiger partial charge in [0.05, 0.1) is 19.9 Å². The molecule has 4 nitrogen and oxygen atoms in total. The zero-order valence-corrected chi connectivity index (χ0v) is 10.7. The van der Waals surface area contributed by atoms with Gasteiger partial charge in [0.1, 0.15) is 11.6 Å². The fourth-order valence-electron chi connectivity index (χ4n) is 2.15. The molecule has 1 aromatic heterocycles. The number of nitrogen functional groups attached to an aromatic ring is 1. The molecule has 0 unspecified atom stereocenters. The average molecular weight is 253 g/mol. The summed E-state index contributed by atoms with van der Waals surface area (Å²) in [6.07, 6.45) is 1.71. The normalized spacial score (nSPS) is 10.8. The van der Waals surface area contributed by atoms with Crippen molar-refractivity contribution in [3.63, 3.8) is 0 Å². The molecule has 0 saturated heterocycles. The Balaban J connectivity index is 1.96. The van der Waals surface area contributed by atoms with E-state index in [0.29, 0.717) is 12.4 Å². The molecule has 0 amide bonds. The maximum atomic E-state index is 5.82. The minimum atomic E-state index is 0.676. The third kappa shape index (κ3) is 2.25. The Labute approximate surface area is 111 Å². The lowest BCUT2D eigenvalue weighted by Gasteiger charge is -2.07. The average Bonchev–Trinajstić information content (AvgIpc) is 2.84. The first-order valence-electron chi connectivity index (χ1n) is 6.10. The number of hydrogen-bond acceptors (Lipinski definition) is 3. The van der Waals surface area contributed by atoms with Gasteiger partial charge in [-0.15, -0.1) is 0 Å². The number of ether oxygens (including phenoxy) is 1. The second kappa shape index (κ2) is 4.65. The molecule has 2 aromatic carbocycles. The fraction of sp³-hybridized carbons (Fsp3) is 0.133. The summed E-state index contributed by atoms with van der Waals surface area (Å²) in [6, 6.07) is 14.2. The number of benzene rings is 2. The van der Waals surface area contributed by atoms with E-state index in [4.69, 9.17) is 10.5 Å². The van der Waals surface area contributed by atoms with E-state index >= 15 is 0 Å². The maximum absolute atomic E-state index is 5.82. The molecule has 0 aliphatic carbocycles. The molecule has 19 heavy (non-hydrogen) atoms. The predicted octanol–water partition coefficient (Wildman–Crippen LogP) is 2.68. The van der Waals surface area contributed by atoms with E-state index in [1.54, 1.807) is 24.1 Å². The van der Waals surface area contributed by atoms with Crippen LogP contribution in [0.2, 0.25) is 0 Å². The SMILES string of the molecule is COc1ccc2cc(Cn3nccc3N)ccc2c1. The van der Waals surface area contributed by atoms with Crippen molar-refractivity contribution in [2.24, 2.45) is 0 Å². The van der Waals surface area contributed by atoms with Crippen LogP contribution in [0, 0.1) is 0 Å². The first kappa shape index (κ1) is 11.6. The highest BCUT2D eigenvalue weighted by Crippen LogP contribution is 2.22. The maximum Gasteiger partial charge on any atom is 0.122 e. The minimum Gasteiger partial charge on any atom is -0.497 e. The van der Waals surface area contributed by atoms with Gasteiger partial charge in [-0.05, 0) is 40.6 Å². The van der Waals surface area contributed by atoms with E-state index in [1.165, 1.54) is 10.9 Å². The first-order chi connectivity index (χ1) is 9.26. The summed E-state index contributed by atoms with van der Waals surface area (Å²) >= 11 is 0. The highest BCUT2D eigenvalue weighted by molar-refractivity contribution is 5.84. The van der Waals surface area contributed by atoms with Crippen LogP contribution in [-0.4, -0.2) is 16.9 Å². The van der Waals surface area contributed by atoms with Crippen molar-refractivity contribution in [2.75, 3.05) is 12.8 Å². The third-order valence-corrected chi connectivity index (χ3v) is 3.19. The van der Waals surface area contributed by atoms with E-state index in [0.717, 1.165) is 11.1 Å². The van der Waals surface area contributed by atoms with Gasteiger partial charge in [0, 0.05) is 0 Å². The molecule has 0 radical (unpaired) electrons.